The number of carbonyl (C=O) groups excluding carboxylic acids is 2. The molecule has 4 rings (SSSR count). The largest absolute Gasteiger partial charge is 0.393 e. The molecule has 1 fully saturated rings. The van der Waals surface area contributed by atoms with Crippen molar-refractivity contribution in [2.45, 2.75) is 18.8 Å². The summed E-state index contributed by atoms with van der Waals surface area (Å²) in [5, 5.41) is 2.46. The summed E-state index contributed by atoms with van der Waals surface area (Å²) in [6.45, 7) is 0. The van der Waals surface area contributed by atoms with Crippen molar-refractivity contribution in [3.63, 3.8) is 0 Å². The summed E-state index contributed by atoms with van der Waals surface area (Å²) >= 11 is 0. The average Bonchev–Trinajstić information content (AvgIpc) is 2.93. The minimum atomic E-state index is -0.391. The molecule has 1 heterocycles. The van der Waals surface area contributed by atoms with E-state index >= 15 is 0 Å². The zero-order chi connectivity index (χ0) is 13.0. The van der Waals surface area contributed by atoms with E-state index < -0.39 is 5.97 Å². The molecular weight excluding hydrogens is 240 g/mol. The third kappa shape index (κ3) is 1.44. The Labute approximate surface area is 110 Å². The first-order valence-corrected chi connectivity index (χ1v) is 6.49. The van der Waals surface area contributed by atoms with Crippen LogP contribution in [0, 0.1) is 5.92 Å². The molecule has 3 nitrogen and oxygen atoms in total. The lowest BCUT2D eigenvalue weighted by Gasteiger charge is -2.15. The van der Waals surface area contributed by atoms with Crippen LogP contribution in [0.25, 0.3) is 10.8 Å². The van der Waals surface area contributed by atoms with Crippen LogP contribution < -0.4 is 0 Å². The highest BCUT2D eigenvalue weighted by atomic mass is 16.6. The highest BCUT2D eigenvalue weighted by Gasteiger charge is 2.42. The van der Waals surface area contributed by atoms with Crippen LogP contribution in [0.5, 0.6) is 0 Å². The third-order valence-electron chi connectivity index (χ3n) is 4.25. The van der Waals surface area contributed by atoms with E-state index in [0.29, 0.717) is 0 Å². The molecule has 0 bridgehead atoms. The van der Waals surface area contributed by atoms with Gasteiger partial charge in [0.2, 0.25) is 0 Å². The molecule has 1 saturated heterocycles. The number of rotatable bonds is 1. The average molecular weight is 252 g/mol. The Morgan fingerprint density at radius 2 is 1.74 bits per heavy atom. The van der Waals surface area contributed by atoms with E-state index in [0.717, 1.165) is 6.42 Å². The molecule has 94 valence electrons. The minimum absolute atomic E-state index is 0.0834. The fraction of sp³-hybridized carbons (Fsp3) is 0.250. The first-order valence-electron chi connectivity index (χ1n) is 6.49. The van der Waals surface area contributed by atoms with Gasteiger partial charge in [0.25, 0.3) is 0 Å². The molecule has 2 aromatic rings. The van der Waals surface area contributed by atoms with E-state index in [1.807, 2.05) is 12.1 Å². The molecule has 2 atom stereocenters. The topological polar surface area (TPSA) is 43.4 Å². The molecule has 1 aliphatic carbocycles. The van der Waals surface area contributed by atoms with Gasteiger partial charge >= 0.3 is 11.9 Å². The Morgan fingerprint density at radius 1 is 0.947 bits per heavy atom. The SMILES string of the molecule is O=C1C[C@@H]([C@H]2Cc3cccc4cccc2c34)C(=O)O1. The predicted molar refractivity (Wildman–Crippen MR) is 69.6 cm³/mol. The molecule has 0 aromatic heterocycles. The molecular formula is C16H12O3. The van der Waals surface area contributed by atoms with Gasteiger partial charge in [-0.15, -0.1) is 0 Å². The van der Waals surface area contributed by atoms with Crippen molar-refractivity contribution < 1.29 is 14.3 Å². The molecule has 0 spiro atoms. The summed E-state index contributed by atoms with van der Waals surface area (Å²) in [5.41, 5.74) is 2.45. The number of esters is 2. The monoisotopic (exact) mass is 252 g/mol. The van der Waals surface area contributed by atoms with Gasteiger partial charge in [0.1, 0.15) is 0 Å². The number of cyclic esters (lactones) is 2. The Kier molecular flexibility index (Phi) is 2.07. The van der Waals surface area contributed by atoms with E-state index in [1.54, 1.807) is 0 Å². The predicted octanol–water partition coefficient (Wildman–Crippen LogP) is 2.57. The van der Waals surface area contributed by atoms with Crippen LogP contribution in [0.1, 0.15) is 23.5 Å². The summed E-state index contributed by atoms with van der Waals surface area (Å²) < 4.78 is 4.70. The lowest BCUT2D eigenvalue weighted by molar-refractivity contribution is -0.153. The summed E-state index contributed by atoms with van der Waals surface area (Å²) in [6, 6.07) is 12.4. The lowest BCUT2D eigenvalue weighted by atomic mass is 9.85. The first kappa shape index (κ1) is 10.7. The Balaban J connectivity index is 1.86. The van der Waals surface area contributed by atoms with Gasteiger partial charge < -0.3 is 4.74 Å². The van der Waals surface area contributed by atoms with Crippen LogP contribution >= 0.6 is 0 Å². The number of hydrogen-bond donors (Lipinski definition) is 0. The molecule has 0 unspecified atom stereocenters. The van der Waals surface area contributed by atoms with Crippen molar-refractivity contribution in [2.75, 3.05) is 0 Å². The normalized spacial score (nSPS) is 25.1. The molecule has 3 heteroatoms. The molecule has 0 radical (unpaired) electrons. The number of hydrogen-bond acceptors (Lipinski definition) is 3. The van der Waals surface area contributed by atoms with Gasteiger partial charge in [-0.1, -0.05) is 36.4 Å². The number of carbonyl (C=O) groups is 2. The van der Waals surface area contributed by atoms with Crippen LogP contribution in [-0.4, -0.2) is 11.9 Å². The van der Waals surface area contributed by atoms with E-state index in [4.69, 9.17) is 4.74 Å². The van der Waals surface area contributed by atoms with Crippen molar-refractivity contribution in [3.8, 4) is 0 Å². The summed E-state index contributed by atoms with van der Waals surface area (Å²) in [5.74, 6) is -0.983. The first-order chi connectivity index (χ1) is 9.24. The van der Waals surface area contributed by atoms with Gasteiger partial charge in [0, 0.05) is 5.92 Å². The van der Waals surface area contributed by atoms with Crippen molar-refractivity contribution in [3.05, 3.63) is 47.5 Å². The van der Waals surface area contributed by atoms with Crippen LogP contribution in [0.4, 0.5) is 0 Å². The highest BCUT2D eigenvalue weighted by molar-refractivity contribution is 5.97. The zero-order valence-electron chi connectivity index (χ0n) is 10.3. The van der Waals surface area contributed by atoms with E-state index in [2.05, 4.69) is 24.3 Å². The highest BCUT2D eigenvalue weighted by Crippen LogP contribution is 2.44. The smallest absolute Gasteiger partial charge is 0.317 e. The van der Waals surface area contributed by atoms with E-state index in [1.165, 1.54) is 21.9 Å². The zero-order valence-corrected chi connectivity index (χ0v) is 10.3. The number of benzene rings is 2. The maximum absolute atomic E-state index is 11.8. The molecule has 0 saturated carbocycles. The number of ether oxygens (including phenoxy) is 1. The molecule has 0 amide bonds. The van der Waals surface area contributed by atoms with Crippen LogP contribution in [-0.2, 0) is 20.7 Å². The standard InChI is InChI=1S/C16H12O3/c17-14-8-13(16(18)19-14)12-7-10-5-1-3-9-4-2-6-11(12)15(9)10/h1-6,12-13H,7-8H2/t12-,13-/m0/s1. The van der Waals surface area contributed by atoms with Gasteiger partial charge in [-0.3, -0.25) is 9.59 Å². The molecule has 1 aliphatic heterocycles. The van der Waals surface area contributed by atoms with E-state index in [-0.39, 0.29) is 24.2 Å². The van der Waals surface area contributed by atoms with Crippen LogP contribution in [0.2, 0.25) is 0 Å². The van der Waals surface area contributed by atoms with Crippen molar-refractivity contribution >= 4 is 22.7 Å². The Morgan fingerprint density at radius 3 is 2.47 bits per heavy atom. The molecule has 0 N–H and O–H groups in total. The second-order valence-corrected chi connectivity index (χ2v) is 5.28. The van der Waals surface area contributed by atoms with Crippen LogP contribution in [0.15, 0.2) is 36.4 Å². The summed E-state index contributed by atoms with van der Waals surface area (Å²) in [4.78, 5) is 23.1. The van der Waals surface area contributed by atoms with E-state index in [9.17, 15) is 9.59 Å². The summed E-state index contributed by atoms with van der Waals surface area (Å²) in [7, 11) is 0. The summed E-state index contributed by atoms with van der Waals surface area (Å²) in [6.07, 6.45) is 1.04. The van der Waals surface area contributed by atoms with Gasteiger partial charge in [-0.05, 0) is 28.3 Å². The Hall–Kier alpha value is -2.16. The van der Waals surface area contributed by atoms with Gasteiger partial charge in [-0.25, -0.2) is 0 Å². The van der Waals surface area contributed by atoms with Crippen LogP contribution in [0.3, 0.4) is 0 Å². The van der Waals surface area contributed by atoms with Crippen molar-refractivity contribution in [1.82, 2.24) is 0 Å². The fourth-order valence-electron chi connectivity index (χ4n) is 3.43. The van der Waals surface area contributed by atoms with Gasteiger partial charge in [0.15, 0.2) is 0 Å². The third-order valence-corrected chi connectivity index (χ3v) is 4.25. The Bertz CT molecular complexity index is 712. The maximum Gasteiger partial charge on any atom is 0.317 e. The second kappa shape index (κ2) is 3.67. The lowest BCUT2D eigenvalue weighted by Crippen LogP contribution is -2.17. The minimum Gasteiger partial charge on any atom is -0.393 e. The molecule has 2 aliphatic rings. The van der Waals surface area contributed by atoms with Crippen molar-refractivity contribution in [1.29, 1.82) is 0 Å². The van der Waals surface area contributed by atoms with Gasteiger partial charge in [0.05, 0.1) is 12.3 Å². The fourth-order valence-corrected chi connectivity index (χ4v) is 3.43. The second-order valence-electron chi connectivity index (χ2n) is 5.28. The molecule has 19 heavy (non-hydrogen) atoms. The molecule has 2 aromatic carbocycles. The quantitative estimate of drug-likeness (QED) is 0.578. The maximum atomic E-state index is 11.8. The van der Waals surface area contributed by atoms with Crippen molar-refractivity contribution in [2.24, 2.45) is 5.92 Å². The van der Waals surface area contributed by atoms with Gasteiger partial charge in [-0.2, -0.15) is 0 Å².